The molecule has 0 aliphatic heterocycles. The summed E-state index contributed by atoms with van der Waals surface area (Å²) in [7, 11) is 0. The number of nitrogens with one attached hydrogen (secondary N) is 1. The van der Waals surface area contributed by atoms with Crippen molar-refractivity contribution in [1.29, 1.82) is 0 Å². The SMILES string of the molecule is CC1CCCC1CNc1nccnc1C(=O)O. The zero-order valence-corrected chi connectivity index (χ0v) is 9.89. The zero-order chi connectivity index (χ0) is 12.3. The lowest BCUT2D eigenvalue weighted by molar-refractivity contribution is 0.0691. The Bertz CT molecular complexity index is 408. The molecule has 92 valence electrons. The van der Waals surface area contributed by atoms with Crippen molar-refractivity contribution < 1.29 is 9.90 Å². The van der Waals surface area contributed by atoms with E-state index in [-0.39, 0.29) is 5.69 Å². The first-order chi connectivity index (χ1) is 8.18. The van der Waals surface area contributed by atoms with Crippen molar-refractivity contribution >= 4 is 11.8 Å². The predicted molar refractivity (Wildman–Crippen MR) is 64.0 cm³/mol. The van der Waals surface area contributed by atoms with E-state index in [4.69, 9.17) is 5.11 Å². The molecule has 1 saturated carbocycles. The van der Waals surface area contributed by atoms with Crippen LogP contribution in [0.1, 0.15) is 36.7 Å². The molecule has 5 heteroatoms. The number of hydrogen-bond acceptors (Lipinski definition) is 4. The van der Waals surface area contributed by atoms with E-state index in [0.29, 0.717) is 17.7 Å². The van der Waals surface area contributed by atoms with Gasteiger partial charge in [0.2, 0.25) is 0 Å². The van der Waals surface area contributed by atoms with Crippen LogP contribution in [0.5, 0.6) is 0 Å². The van der Waals surface area contributed by atoms with Crippen LogP contribution >= 0.6 is 0 Å². The van der Waals surface area contributed by atoms with Gasteiger partial charge in [0.1, 0.15) is 0 Å². The standard InChI is InChI=1S/C12H17N3O2/c1-8-3-2-4-9(8)7-15-11-10(12(16)17)13-5-6-14-11/h5-6,8-9H,2-4,7H2,1H3,(H,14,15)(H,16,17). The first-order valence-corrected chi connectivity index (χ1v) is 5.96. The number of rotatable bonds is 4. The fourth-order valence-electron chi connectivity index (χ4n) is 2.38. The third kappa shape index (κ3) is 2.72. The number of hydrogen-bond donors (Lipinski definition) is 2. The fourth-order valence-corrected chi connectivity index (χ4v) is 2.38. The largest absolute Gasteiger partial charge is 0.476 e. The Morgan fingerprint density at radius 1 is 1.47 bits per heavy atom. The maximum Gasteiger partial charge on any atom is 0.358 e. The second kappa shape index (κ2) is 5.12. The highest BCUT2D eigenvalue weighted by molar-refractivity contribution is 5.90. The average Bonchev–Trinajstić information content (AvgIpc) is 2.72. The molecule has 1 aromatic rings. The summed E-state index contributed by atoms with van der Waals surface area (Å²) in [5, 5.41) is 12.1. The summed E-state index contributed by atoms with van der Waals surface area (Å²) < 4.78 is 0. The Hall–Kier alpha value is -1.65. The van der Waals surface area contributed by atoms with Gasteiger partial charge in [-0.15, -0.1) is 0 Å². The van der Waals surface area contributed by atoms with Crippen molar-refractivity contribution in [3.05, 3.63) is 18.1 Å². The van der Waals surface area contributed by atoms with Crippen LogP contribution in [0.25, 0.3) is 0 Å². The van der Waals surface area contributed by atoms with Gasteiger partial charge in [-0.3, -0.25) is 0 Å². The molecule has 1 aliphatic carbocycles. The number of carboxylic acids is 1. The van der Waals surface area contributed by atoms with Gasteiger partial charge in [-0.05, 0) is 18.3 Å². The lowest BCUT2D eigenvalue weighted by atomic mass is 9.98. The molecule has 1 aliphatic rings. The van der Waals surface area contributed by atoms with E-state index in [2.05, 4.69) is 22.2 Å². The van der Waals surface area contributed by atoms with Gasteiger partial charge in [-0.1, -0.05) is 19.8 Å². The van der Waals surface area contributed by atoms with E-state index < -0.39 is 5.97 Å². The van der Waals surface area contributed by atoms with Crippen molar-refractivity contribution in [1.82, 2.24) is 9.97 Å². The summed E-state index contributed by atoms with van der Waals surface area (Å²) in [6, 6.07) is 0. The van der Waals surface area contributed by atoms with Gasteiger partial charge in [-0.25, -0.2) is 14.8 Å². The highest BCUT2D eigenvalue weighted by Gasteiger charge is 2.23. The number of aromatic nitrogens is 2. The summed E-state index contributed by atoms with van der Waals surface area (Å²) in [5.74, 6) is 0.644. The molecular formula is C12H17N3O2. The van der Waals surface area contributed by atoms with Crippen LogP contribution in [0.15, 0.2) is 12.4 Å². The normalized spacial score (nSPS) is 23.6. The minimum Gasteiger partial charge on any atom is -0.476 e. The quantitative estimate of drug-likeness (QED) is 0.835. The molecule has 0 aromatic carbocycles. The maximum atomic E-state index is 10.9. The molecule has 0 bridgehead atoms. The van der Waals surface area contributed by atoms with E-state index in [1.807, 2.05) is 0 Å². The Kier molecular flexibility index (Phi) is 3.56. The van der Waals surface area contributed by atoms with Crippen molar-refractivity contribution in [2.24, 2.45) is 11.8 Å². The first kappa shape index (κ1) is 11.8. The molecule has 0 saturated heterocycles. The van der Waals surface area contributed by atoms with Crippen molar-refractivity contribution in [2.75, 3.05) is 11.9 Å². The molecule has 5 nitrogen and oxygen atoms in total. The van der Waals surface area contributed by atoms with Gasteiger partial charge < -0.3 is 10.4 Å². The lowest BCUT2D eigenvalue weighted by Crippen LogP contribution is -2.19. The Labute approximate surface area is 100 Å². The number of carbonyl (C=O) groups is 1. The summed E-state index contributed by atoms with van der Waals surface area (Å²) in [5.41, 5.74) is -0.00171. The number of anilines is 1. The third-order valence-corrected chi connectivity index (χ3v) is 3.47. The first-order valence-electron chi connectivity index (χ1n) is 5.96. The van der Waals surface area contributed by atoms with Crippen LogP contribution in [-0.4, -0.2) is 27.6 Å². The van der Waals surface area contributed by atoms with Crippen LogP contribution in [0, 0.1) is 11.8 Å². The average molecular weight is 235 g/mol. The van der Waals surface area contributed by atoms with Crippen LogP contribution in [0.3, 0.4) is 0 Å². The molecule has 1 heterocycles. The van der Waals surface area contributed by atoms with Gasteiger partial charge in [0, 0.05) is 18.9 Å². The summed E-state index contributed by atoms with van der Waals surface area (Å²) >= 11 is 0. The lowest BCUT2D eigenvalue weighted by Gasteiger charge is -2.16. The molecule has 0 amide bonds. The van der Waals surface area contributed by atoms with Crippen LogP contribution in [-0.2, 0) is 0 Å². The summed E-state index contributed by atoms with van der Waals surface area (Å²) in [4.78, 5) is 18.8. The highest BCUT2D eigenvalue weighted by Crippen LogP contribution is 2.31. The van der Waals surface area contributed by atoms with Crippen LogP contribution in [0.2, 0.25) is 0 Å². The summed E-state index contributed by atoms with van der Waals surface area (Å²) in [6.07, 6.45) is 6.63. The van der Waals surface area contributed by atoms with Gasteiger partial charge in [0.05, 0.1) is 0 Å². The van der Waals surface area contributed by atoms with Crippen LogP contribution < -0.4 is 5.32 Å². The minimum atomic E-state index is -1.04. The Balaban J connectivity index is 2.01. The fraction of sp³-hybridized carbons (Fsp3) is 0.583. The van der Waals surface area contributed by atoms with E-state index in [1.165, 1.54) is 31.7 Å². The topological polar surface area (TPSA) is 75.1 Å². The minimum absolute atomic E-state index is 0.00171. The van der Waals surface area contributed by atoms with Crippen molar-refractivity contribution in [3.63, 3.8) is 0 Å². The van der Waals surface area contributed by atoms with E-state index in [0.717, 1.165) is 6.54 Å². The Morgan fingerprint density at radius 3 is 2.88 bits per heavy atom. The smallest absolute Gasteiger partial charge is 0.358 e. The Morgan fingerprint density at radius 2 is 2.24 bits per heavy atom. The highest BCUT2D eigenvalue weighted by atomic mass is 16.4. The molecule has 2 atom stereocenters. The maximum absolute atomic E-state index is 10.9. The predicted octanol–water partition coefficient (Wildman–Crippen LogP) is 2.02. The van der Waals surface area contributed by atoms with Crippen molar-refractivity contribution in [2.45, 2.75) is 26.2 Å². The number of aromatic carboxylic acids is 1. The second-order valence-corrected chi connectivity index (χ2v) is 4.61. The van der Waals surface area contributed by atoms with Crippen LogP contribution in [0.4, 0.5) is 5.82 Å². The molecule has 0 radical (unpaired) electrons. The van der Waals surface area contributed by atoms with Crippen molar-refractivity contribution in [3.8, 4) is 0 Å². The molecule has 2 rings (SSSR count). The summed E-state index contributed by atoms with van der Waals surface area (Å²) in [6.45, 7) is 3.02. The molecule has 17 heavy (non-hydrogen) atoms. The zero-order valence-electron chi connectivity index (χ0n) is 9.89. The number of carboxylic acid groups (broad SMARTS) is 1. The second-order valence-electron chi connectivity index (χ2n) is 4.61. The molecule has 2 unspecified atom stereocenters. The van der Waals surface area contributed by atoms with E-state index in [1.54, 1.807) is 0 Å². The molecule has 2 N–H and O–H groups in total. The molecule has 0 spiro atoms. The van der Waals surface area contributed by atoms with Gasteiger partial charge in [0.25, 0.3) is 0 Å². The van der Waals surface area contributed by atoms with E-state index >= 15 is 0 Å². The van der Waals surface area contributed by atoms with E-state index in [9.17, 15) is 4.79 Å². The van der Waals surface area contributed by atoms with Gasteiger partial charge in [0.15, 0.2) is 11.5 Å². The third-order valence-electron chi connectivity index (χ3n) is 3.47. The molecule has 1 fully saturated rings. The monoisotopic (exact) mass is 235 g/mol. The van der Waals surface area contributed by atoms with Gasteiger partial charge in [-0.2, -0.15) is 0 Å². The van der Waals surface area contributed by atoms with Gasteiger partial charge >= 0.3 is 5.97 Å². The molecular weight excluding hydrogens is 218 g/mol. The number of nitrogens with zero attached hydrogens (tertiary/aromatic N) is 2. The molecule has 1 aromatic heterocycles.